The lowest BCUT2D eigenvalue weighted by Crippen LogP contribution is -2.15. The summed E-state index contributed by atoms with van der Waals surface area (Å²) in [4.78, 5) is -3.84. The minimum Gasteiger partial charge on any atom is -0.505 e. The summed E-state index contributed by atoms with van der Waals surface area (Å²) >= 11 is 0. The van der Waals surface area contributed by atoms with Crippen LogP contribution in [-0.4, -0.2) is 84.9 Å². The maximum atomic E-state index is 12.6. The van der Waals surface area contributed by atoms with E-state index in [4.69, 9.17) is 9.29 Å². The van der Waals surface area contributed by atoms with Crippen LogP contribution in [0.4, 0.5) is 22.7 Å². The summed E-state index contributed by atoms with van der Waals surface area (Å²) in [6.07, 6.45) is 0. The third-order valence-corrected chi connectivity index (χ3v) is 11.4. The number of phenolic OH excluding ortho intramolecular Hbond substituents is 1. The Labute approximate surface area is 295 Å². The highest BCUT2D eigenvalue weighted by Crippen LogP contribution is 2.45. The first-order valence-electron chi connectivity index (χ1n) is 13.5. The molecule has 0 unspecified atom stereocenters. The number of benzene rings is 4. The van der Waals surface area contributed by atoms with Gasteiger partial charge in [0, 0.05) is 11.5 Å². The van der Waals surface area contributed by atoms with E-state index in [2.05, 4.69) is 24.6 Å². The topological polar surface area (TPSA) is 340 Å². The molecule has 0 amide bonds. The Morgan fingerprint density at radius 2 is 1.31 bits per heavy atom. The molecule has 5 N–H and O–H groups in total. The maximum Gasteiger partial charge on any atom is 0.397 e. The number of nitrogens with zero attached hydrogens (tertiary/aromatic N) is 4. The maximum absolute atomic E-state index is 12.6. The van der Waals surface area contributed by atoms with Gasteiger partial charge in [-0.15, -0.1) is 10.2 Å². The van der Waals surface area contributed by atoms with Gasteiger partial charge >= 0.3 is 10.4 Å². The number of methoxy groups -OCH3 is 1. The molecule has 0 aromatic heterocycles. The highest BCUT2D eigenvalue weighted by atomic mass is 32.3. The second-order valence-electron chi connectivity index (χ2n) is 10.3. The van der Waals surface area contributed by atoms with Gasteiger partial charge in [0.25, 0.3) is 30.4 Å². The first kappa shape index (κ1) is 40.3. The van der Waals surface area contributed by atoms with E-state index in [1.165, 1.54) is 44.4 Å². The summed E-state index contributed by atoms with van der Waals surface area (Å²) in [5.41, 5.74) is -0.727. The predicted octanol–water partition coefficient (Wildman–Crippen LogP) is 4.03. The van der Waals surface area contributed by atoms with Gasteiger partial charge < -0.3 is 9.84 Å². The van der Waals surface area contributed by atoms with Crippen LogP contribution in [0.25, 0.3) is 10.8 Å². The Hall–Kier alpha value is -4.51. The molecule has 4 aromatic rings. The number of rotatable bonds is 13. The van der Waals surface area contributed by atoms with Crippen molar-refractivity contribution in [2.45, 2.75) is 26.5 Å². The number of aryl methyl sites for hydroxylation is 1. The second-order valence-corrected chi connectivity index (χ2v) is 17.7. The van der Waals surface area contributed by atoms with Crippen molar-refractivity contribution < 1.29 is 74.3 Å². The Morgan fingerprint density at radius 1 is 0.673 bits per heavy atom. The molecular weight excluding hydrogens is 801 g/mol. The van der Waals surface area contributed by atoms with Gasteiger partial charge in [0.2, 0.25) is 0 Å². The molecule has 0 atom stereocenters. The van der Waals surface area contributed by atoms with Gasteiger partial charge in [-0.2, -0.15) is 43.9 Å². The van der Waals surface area contributed by atoms with Crippen molar-refractivity contribution in [3.63, 3.8) is 0 Å². The summed E-state index contributed by atoms with van der Waals surface area (Å²) in [5, 5.41) is 25.1. The number of phenols is 1. The molecule has 280 valence electrons. The molecule has 0 saturated carbocycles. The molecule has 0 aliphatic rings. The molecule has 0 aliphatic carbocycles. The Kier molecular flexibility index (Phi) is 11.2. The summed E-state index contributed by atoms with van der Waals surface area (Å²) in [5.74, 6) is -2.18. The van der Waals surface area contributed by atoms with Crippen molar-refractivity contribution in [3.05, 3.63) is 60.2 Å². The van der Waals surface area contributed by atoms with E-state index >= 15 is 0 Å². The predicted molar refractivity (Wildman–Crippen MR) is 177 cm³/mol. The lowest BCUT2D eigenvalue weighted by atomic mass is 10.1. The minimum atomic E-state index is -5.35. The van der Waals surface area contributed by atoms with Crippen LogP contribution in [0.2, 0.25) is 0 Å². The highest BCUT2D eigenvalue weighted by molar-refractivity contribution is 7.91. The number of hydrogen-bond acceptors (Lipinski definition) is 17. The van der Waals surface area contributed by atoms with Crippen LogP contribution in [-0.2, 0) is 54.8 Å². The SMILES string of the molecule is COc1cc(N=Nc2cccc(S(=O)(=O)CCOS(=O)(=O)O)c2)c(C)cc1N=Nc1c(S(=O)(=O)O)cc2cc(S(=O)(=O)O)cc(S(=O)(=O)O)c2c1O. The molecule has 52 heavy (non-hydrogen) atoms. The lowest BCUT2D eigenvalue weighted by molar-refractivity contribution is 0.284. The molecule has 0 aliphatic heterocycles. The fourth-order valence-electron chi connectivity index (χ4n) is 4.40. The van der Waals surface area contributed by atoms with E-state index in [1.807, 2.05) is 0 Å². The van der Waals surface area contributed by atoms with Gasteiger partial charge in [-0.05, 0) is 60.3 Å². The van der Waals surface area contributed by atoms with Gasteiger partial charge in [0.15, 0.2) is 15.6 Å². The molecular formula is C26H24N4O17S5. The third-order valence-electron chi connectivity index (χ3n) is 6.73. The number of sulfone groups is 1. The van der Waals surface area contributed by atoms with Crippen LogP contribution >= 0.6 is 0 Å². The van der Waals surface area contributed by atoms with Gasteiger partial charge in [0.05, 0.1) is 40.6 Å². The summed E-state index contributed by atoms with van der Waals surface area (Å²) in [6.45, 7) is 0.655. The fraction of sp³-hybridized carbons (Fsp3) is 0.154. The Balaban J connectivity index is 1.77. The van der Waals surface area contributed by atoms with Gasteiger partial charge in [-0.1, -0.05) is 6.07 Å². The number of hydrogen-bond donors (Lipinski definition) is 5. The first-order valence-corrected chi connectivity index (χ1v) is 20.9. The zero-order valence-corrected chi connectivity index (χ0v) is 30.2. The Bertz CT molecular complexity index is 2730. The zero-order chi connectivity index (χ0) is 39.0. The normalized spacial score (nSPS) is 13.3. The third kappa shape index (κ3) is 9.47. The molecule has 0 fully saturated rings. The van der Waals surface area contributed by atoms with Crippen LogP contribution in [0.15, 0.2) is 94.6 Å². The van der Waals surface area contributed by atoms with Crippen molar-refractivity contribution in [1.29, 1.82) is 0 Å². The second kappa shape index (κ2) is 14.5. The monoisotopic (exact) mass is 824 g/mol. The van der Waals surface area contributed by atoms with Crippen LogP contribution in [0.3, 0.4) is 0 Å². The summed E-state index contributed by atoms with van der Waals surface area (Å²) in [7, 11) is -23.5. The van der Waals surface area contributed by atoms with Gasteiger partial charge in [0.1, 0.15) is 26.9 Å². The van der Waals surface area contributed by atoms with Crippen molar-refractivity contribution >= 4 is 84.1 Å². The molecule has 0 heterocycles. The van der Waals surface area contributed by atoms with E-state index in [-0.39, 0.29) is 27.7 Å². The quantitative estimate of drug-likeness (QED) is 0.0938. The Morgan fingerprint density at radius 3 is 1.88 bits per heavy atom. The van der Waals surface area contributed by atoms with Crippen LogP contribution in [0, 0.1) is 6.92 Å². The fourth-order valence-corrected chi connectivity index (χ4v) is 7.95. The lowest BCUT2D eigenvalue weighted by Gasteiger charge is -2.13. The molecule has 21 nitrogen and oxygen atoms in total. The number of ether oxygens (including phenoxy) is 1. The summed E-state index contributed by atoms with van der Waals surface area (Å²) < 4.78 is 166. The van der Waals surface area contributed by atoms with Gasteiger partial charge in [-0.25, -0.2) is 12.6 Å². The number of aromatic hydroxyl groups is 1. The van der Waals surface area contributed by atoms with Crippen molar-refractivity contribution in [2.75, 3.05) is 19.5 Å². The molecule has 0 spiro atoms. The minimum absolute atomic E-state index is 0.0383. The molecule has 4 aromatic carbocycles. The number of azo groups is 2. The molecule has 0 saturated heterocycles. The van der Waals surface area contributed by atoms with E-state index < -0.39 is 99.8 Å². The van der Waals surface area contributed by atoms with E-state index in [0.29, 0.717) is 23.8 Å². The molecule has 4 rings (SSSR count). The summed E-state index contributed by atoms with van der Waals surface area (Å²) in [6, 6.07) is 8.99. The van der Waals surface area contributed by atoms with E-state index in [9.17, 15) is 60.9 Å². The van der Waals surface area contributed by atoms with Gasteiger partial charge in [-0.3, -0.25) is 18.2 Å². The van der Waals surface area contributed by atoms with E-state index in [1.54, 1.807) is 0 Å². The zero-order valence-electron chi connectivity index (χ0n) is 26.1. The van der Waals surface area contributed by atoms with Crippen LogP contribution < -0.4 is 4.74 Å². The van der Waals surface area contributed by atoms with Crippen molar-refractivity contribution in [3.8, 4) is 11.5 Å². The van der Waals surface area contributed by atoms with Crippen LogP contribution in [0.1, 0.15) is 5.56 Å². The average molecular weight is 825 g/mol. The molecule has 26 heteroatoms. The molecule has 0 bridgehead atoms. The van der Waals surface area contributed by atoms with Crippen molar-refractivity contribution in [2.24, 2.45) is 20.5 Å². The van der Waals surface area contributed by atoms with Crippen molar-refractivity contribution in [1.82, 2.24) is 0 Å². The van der Waals surface area contributed by atoms with E-state index in [0.717, 1.165) is 6.07 Å². The standard InChI is InChI=1S/C26H24N4O17S5/c1-14-8-20(21(46-2)13-19(14)28-27-16-4-3-5-17(11-16)48(32,33)7-6-47-52(43,44)45)29-30-25-23(51(40,41)42)10-15-9-18(49(34,35)36)12-22(50(37,38)39)24(15)26(25)31/h3-5,8-13,31H,6-7H2,1-2H3,(H,34,35,36)(H,37,38,39)(H,40,41,42)(H,43,44,45). The first-order chi connectivity index (χ1) is 23.8. The van der Waals surface area contributed by atoms with Crippen LogP contribution in [0.5, 0.6) is 11.5 Å². The highest BCUT2D eigenvalue weighted by Gasteiger charge is 2.29. The number of fused-ring (bicyclic) bond motifs is 1. The molecule has 0 radical (unpaired) electrons. The largest absolute Gasteiger partial charge is 0.505 e. The average Bonchev–Trinajstić information content (AvgIpc) is 3.01. The smallest absolute Gasteiger partial charge is 0.397 e.